The molecule has 1 saturated carbocycles. The lowest BCUT2D eigenvalue weighted by molar-refractivity contribution is -0.115. The summed E-state index contributed by atoms with van der Waals surface area (Å²) in [7, 11) is 0. The van der Waals surface area contributed by atoms with Gasteiger partial charge in [0.1, 0.15) is 5.60 Å². The van der Waals surface area contributed by atoms with Gasteiger partial charge in [0.05, 0.1) is 11.0 Å². The minimum absolute atomic E-state index is 0.133. The Morgan fingerprint density at radius 1 is 1.18 bits per heavy atom. The van der Waals surface area contributed by atoms with Crippen LogP contribution in [0.25, 0.3) is 17.1 Å². The number of aromatic amines is 2. The number of carbonyl (C=O) groups is 2. The molecule has 2 N–H and O–H groups in total. The van der Waals surface area contributed by atoms with Gasteiger partial charge in [-0.3, -0.25) is 4.79 Å². The number of ether oxygens (including phenoxy) is 1. The molecule has 4 rings (SSSR count). The number of nitrogens with one attached hydrogen (secondary N) is 2. The summed E-state index contributed by atoms with van der Waals surface area (Å²) in [6.45, 7) is 6.73. The maximum Gasteiger partial charge on any atom is 0.410 e. The molecule has 2 heterocycles. The summed E-state index contributed by atoms with van der Waals surface area (Å²) in [5.41, 5.74) is 2.16. The molecule has 1 unspecified atom stereocenters. The molecule has 148 valence electrons. The maximum absolute atomic E-state index is 12.6. The van der Waals surface area contributed by atoms with Crippen molar-refractivity contribution >= 4 is 29.0 Å². The van der Waals surface area contributed by atoms with E-state index in [1.54, 1.807) is 4.90 Å². The van der Waals surface area contributed by atoms with Gasteiger partial charge in [-0.05, 0) is 63.0 Å². The average molecular weight is 383 g/mol. The standard InChI is InChI=1S/C21H25N3O4/c1-20(2,3)28-19(27)24-7-6-21(12-24)10-14(17(25)11-21)8-13-4-5-15-16(9-13)23-18(26)22-15/h4-5,8-9H,6-7,10-12H2,1-3H3,(H2,22,23,26). The van der Waals surface area contributed by atoms with Crippen LogP contribution in [0.5, 0.6) is 0 Å². The number of likely N-dealkylation sites (tertiary alicyclic amines) is 1. The van der Waals surface area contributed by atoms with Crippen molar-refractivity contribution in [2.24, 2.45) is 5.41 Å². The third kappa shape index (κ3) is 3.61. The molecule has 0 bridgehead atoms. The Kier molecular flexibility index (Phi) is 4.21. The Morgan fingerprint density at radius 3 is 2.68 bits per heavy atom. The van der Waals surface area contributed by atoms with E-state index in [1.165, 1.54) is 0 Å². The van der Waals surface area contributed by atoms with Crippen LogP contribution in [0.15, 0.2) is 28.6 Å². The predicted molar refractivity (Wildman–Crippen MR) is 106 cm³/mol. The molecule has 1 atom stereocenters. The number of H-pyrrole nitrogens is 2. The second-order valence-electron chi connectivity index (χ2n) is 8.98. The first-order valence-corrected chi connectivity index (χ1v) is 9.56. The molecule has 1 amide bonds. The van der Waals surface area contributed by atoms with Crippen molar-refractivity contribution in [2.75, 3.05) is 13.1 Å². The summed E-state index contributed by atoms with van der Waals surface area (Å²) in [6, 6.07) is 5.58. The number of Topliss-reactive ketones (excluding diaryl/α,β-unsaturated/α-hetero) is 1. The van der Waals surface area contributed by atoms with Crippen molar-refractivity contribution in [3.8, 4) is 0 Å². The van der Waals surface area contributed by atoms with Crippen LogP contribution in [-0.4, -0.2) is 45.4 Å². The van der Waals surface area contributed by atoms with Gasteiger partial charge in [-0.25, -0.2) is 9.59 Å². The Labute approximate surface area is 162 Å². The molecule has 1 aromatic carbocycles. The molecule has 1 saturated heterocycles. The molecule has 2 aliphatic rings. The van der Waals surface area contributed by atoms with Gasteiger partial charge < -0.3 is 19.6 Å². The monoisotopic (exact) mass is 383 g/mol. The molecule has 7 heteroatoms. The summed E-state index contributed by atoms with van der Waals surface area (Å²) in [5, 5.41) is 0. The molecule has 0 radical (unpaired) electrons. The van der Waals surface area contributed by atoms with Gasteiger partial charge in [-0.15, -0.1) is 0 Å². The van der Waals surface area contributed by atoms with Crippen LogP contribution in [0.3, 0.4) is 0 Å². The van der Waals surface area contributed by atoms with E-state index < -0.39 is 5.60 Å². The topological polar surface area (TPSA) is 95.3 Å². The Morgan fingerprint density at radius 2 is 1.93 bits per heavy atom. The quantitative estimate of drug-likeness (QED) is 0.739. The second-order valence-corrected chi connectivity index (χ2v) is 8.98. The van der Waals surface area contributed by atoms with Crippen LogP contribution in [0.4, 0.5) is 4.79 Å². The molecule has 1 aliphatic carbocycles. The van der Waals surface area contributed by atoms with Gasteiger partial charge >= 0.3 is 11.8 Å². The van der Waals surface area contributed by atoms with Gasteiger partial charge in [0.15, 0.2) is 5.78 Å². The van der Waals surface area contributed by atoms with E-state index in [0.29, 0.717) is 25.9 Å². The lowest BCUT2D eigenvalue weighted by atomic mass is 9.85. The van der Waals surface area contributed by atoms with Crippen LogP contribution in [0.1, 0.15) is 45.6 Å². The molecule has 1 spiro atoms. The summed E-state index contributed by atoms with van der Waals surface area (Å²) in [4.78, 5) is 43.6. The number of carbonyl (C=O) groups excluding carboxylic acids is 2. The molecule has 1 aliphatic heterocycles. The highest BCUT2D eigenvalue weighted by Crippen LogP contribution is 2.46. The van der Waals surface area contributed by atoms with Gasteiger partial charge in [-0.2, -0.15) is 0 Å². The molecule has 7 nitrogen and oxygen atoms in total. The van der Waals surface area contributed by atoms with Gasteiger partial charge in [-0.1, -0.05) is 6.07 Å². The first-order valence-electron chi connectivity index (χ1n) is 9.56. The maximum atomic E-state index is 12.6. The summed E-state index contributed by atoms with van der Waals surface area (Å²) >= 11 is 0. The van der Waals surface area contributed by atoms with E-state index >= 15 is 0 Å². The number of hydrogen-bond donors (Lipinski definition) is 2. The minimum atomic E-state index is -0.527. The van der Waals surface area contributed by atoms with Crippen molar-refractivity contribution in [3.63, 3.8) is 0 Å². The molecular formula is C21H25N3O4. The Bertz CT molecular complexity index is 1040. The highest BCUT2D eigenvalue weighted by Gasteiger charge is 2.47. The van der Waals surface area contributed by atoms with E-state index in [-0.39, 0.29) is 23.0 Å². The van der Waals surface area contributed by atoms with Gasteiger partial charge in [0, 0.05) is 24.9 Å². The zero-order chi connectivity index (χ0) is 20.1. The fourth-order valence-corrected chi connectivity index (χ4v) is 4.20. The highest BCUT2D eigenvalue weighted by atomic mass is 16.6. The van der Waals surface area contributed by atoms with Crippen molar-refractivity contribution in [2.45, 2.75) is 45.6 Å². The summed E-state index contributed by atoms with van der Waals surface area (Å²) < 4.78 is 5.47. The SMILES string of the molecule is CC(C)(C)OC(=O)N1CCC2(CC(=O)C(=Cc3ccc4[nH]c(=O)[nH]c4c3)C2)C1. The number of fused-ring (bicyclic) bond motifs is 1. The number of hydrogen-bond acceptors (Lipinski definition) is 4. The third-order valence-corrected chi connectivity index (χ3v) is 5.43. The fourth-order valence-electron chi connectivity index (χ4n) is 4.20. The number of amides is 1. The highest BCUT2D eigenvalue weighted by molar-refractivity contribution is 6.02. The van der Waals surface area contributed by atoms with E-state index in [4.69, 9.17) is 4.74 Å². The number of ketones is 1. The van der Waals surface area contributed by atoms with Crippen LogP contribution < -0.4 is 5.69 Å². The molecule has 2 fully saturated rings. The van der Waals surface area contributed by atoms with Crippen molar-refractivity contribution in [1.29, 1.82) is 0 Å². The number of nitrogens with zero attached hydrogens (tertiary/aromatic N) is 1. The number of imidazole rings is 1. The van der Waals surface area contributed by atoms with Crippen LogP contribution in [0.2, 0.25) is 0 Å². The Hall–Kier alpha value is -2.83. The average Bonchev–Trinajstić information content (AvgIpc) is 3.23. The largest absolute Gasteiger partial charge is 0.444 e. The van der Waals surface area contributed by atoms with Crippen molar-refractivity contribution in [3.05, 3.63) is 39.8 Å². The molecular weight excluding hydrogens is 358 g/mol. The van der Waals surface area contributed by atoms with Crippen molar-refractivity contribution in [1.82, 2.24) is 14.9 Å². The first-order chi connectivity index (χ1) is 13.1. The number of allylic oxidation sites excluding steroid dienone is 1. The lowest BCUT2D eigenvalue weighted by Gasteiger charge is -2.26. The number of aromatic nitrogens is 2. The second kappa shape index (κ2) is 6.36. The first kappa shape index (κ1) is 18.5. The molecule has 1 aromatic heterocycles. The van der Waals surface area contributed by atoms with Gasteiger partial charge in [0.25, 0.3) is 0 Å². The molecule has 2 aromatic rings. The third-order valence-electron chi connectivity index (χ3n) is 5.43. The van der Waals surface area contributed by atoms with Crippen LogP contribution in [0, 0.1) is 5.41 Å². The summed E-state index contributed by atoms with van der Waals surface area (Å²) in [6.07, 6.45) is 3.52. The zero-order valence-corrected chi connectivity index (χ0v) is 16.4. The number of benzene rings is 1. The fraction of sp³-hybridized carbons (Fsp3) is 0.476. The van der Waals surface area contributed by atoms with E-state index in [0.717, 1.165) is 28.6 Å². The lowest BCUT2D eigenvalue weighted by Crippen LogP contribution is -2.36. The number of rotatable bonds is 1. The van der Waals surface area contributed by atoms with E-state index in [2.05, 4.69) is 9.97 Å². The molecule has 28 heavy (non-hydrogen) atoms. The summed E-state index contributed by atoms with van der Waals surface area (Å²) in [5.74, 6) is 0.133. The van der Waals surface area contributed by atoms with Crippen LogP contribution in [-0.2, 0) is 9.53 Å². The normalized spacial score (nSPS) is 24.0. The predicted octanol–water partition coefficient (Wildman–Crippen LogP) is 3.23. The minimum Gasteiger partial charge on any atom is -0.444 e. The van der Waals surface area contributed by atoms with Crippen molar-refractivity contribution < 1.29 is 14.3 Å². The zero-order valence-electron chi connectivity index (χ0n) is 16.4. The van der Waals surface area contributed by atoms with E-state index in [1.807, 2.05) is 45.0 Å². The Balaban J connectivity index is 1.51. The van der Waals surface area contributed by atoms with Crippen LogP contribution >= 0.6 is 0 Å². The smallest absolute Gasteiger partial charge is 0.410 e. The van der Waals surface area contributed by atoms with E-state index in [9.17, 15) is 14.4 Å². The van der Waals surface area contributed by atoms with Gasteiger partial charge in [0.2, 0.25) is 0 Å².